The van der Waals surface area contributed by atoms with E-state index in [4.69, 9.17) is 0 Å². The first-order chi connectivity index (χ1) is 10.1. The summed E-state index contributed by atoms with van der Waals surface area (Å²) in [6.07, 6.45) is 1.10. The van der Waals surface area contributed by atoms with Crippen LogP contribution in [0, 0.1) is 11.6 Å². The first kappa shape index (κ1) is 16.5. The monoisotopic (exact) mass is 371 g/mol. The zero-order valence-electron chi connectivity index (χ0n) is 11.6. The van der Waals surface area contributed by atoms with E-state index in [9.17, 15) is 8.78 Å². The molecule has 0 aliphatic heterocycles. The lowest BCUT2D eigenvalue weighted by Crippen LogP contribution is -2.14. The van der Waals surface area contributed by atoms with E-state index in [1.165, 1.54) is 23.4 Å². The van der Waals surface area contributed by atoms with Gasteiger partial charge >= 0.3 is 0 Å². The Hall–Kier alpha value is -0.910. The summed E-state index contributed by atoms with van der Waals surface area (Å²) in [5, 5.41) is 3.35. The van der Waals surface area contributed by atoms with Crippen LogP contribution in [0.3, 0.4) is 0 Å². The first-order valence-corrected chi connectivity index (χ1v) is 8.33. The maximum Gasteiger partial charge on any atom is 0.159 e. The van der Waals surface area contributed by atoms with Crippen LogP contribution in [0.2, 0.25) is 0 Å². The standard InChI is InChI=1S/C16H16BrF2NS/c1-2-7-20-10-11-3-4-12(8-14(11)17)21-13-5-6-15(18)16(19)9-13/h3-6,8-9,20H,2,7,10H2,1H3. The van der Waals surface area contributed by atoms with E-state index in [-0.39, 0.29) is 0 Å². The van der Waals surface area contributed by atoms with Gasteiger partial charge in [0, 0.05) is 20.8 Å². The molecule has 0 amide bonds. The largest absolute Gasteiger partial charge is 0.313 e. The molecule has 0 saturated carbocycles. The van der Waals surface area contributed by atoms with Crippen LogP contribution in [0.25, 0.3) is 0 Å². The summed E-state index contributed by atoms with van der Waals surface area (Å²) in [5.41, 5.74) is 1.18. The molecule has 0 radical (unpaired) electrons. The predicted octanol–water partition coefficient (Wildman–Crippen LogP) is 5.38. The second-order valence-corrected chi connectivity index (χ2v) is 6.61. The molecule has 0 spiro atoms. The van der Waals surface area contributed by atoms with Gasteiger partial charge in [-0.15, -0.1) is 0 Å². The molecule has 1 N–H and O–H groups in total. The Balaban J connectivity index is 2.07. The summed E-state index contributed by atoms with van der Waals surface area (Å²) in [6, 6.07) is 9.96. The van der Waals surface area contributed by atoms with Gasteiger partial charge in [0.05, 0.1) is 0 Å². The first-order valence-electron chi connectivity index (χ1n) is 6.72. The van der Waals surface area contributed by atoms with Gasteiger partial charge in [-0.05, 0) is 48.9 Å². The van der Waals surface area contributed by atoms with Gasteiger partial charge in [-0.2, -0.15) is 0 Å². The smallest absolute Gasteiger partial charge is 0.159 e. The lowest BCUT2D eigenvalue weighted by Gasteiger charge is -2.08. The van der Waals surface area contributed by atoms with Crippen LogP contribution >= 0.6 is 27.7 Å². The summed E-state index contributed by atoms with van der Waals surface area (Å²) in [5.74, 6) is -1.64. The normalized spacial score (nSPS) is 10.9. The Labute approximate surface area is 136 Å². The minimum absolute atomic E-state index is 0.678. The number of halogens is 3. The topological polar surface area (TPSA) is 12.0 Å². The molecule has 112 valence electrons. The van der Waals surface area contributed by atoms with Gasteiger partial charge in [-0.25, -0.2) is 8.78 Å². The molecule has 2 rings (SSSR count). The van der Waals surface area contributed by atoms with Crippen LogP contribution in [-0.4, -0.2) is 6.54 Å². The van der Waals surface area contributed by atoms with E-state index in [2.05, 4.69) is 28.2 Å². The summed E-state index contributed by atoms with van der Waals surface area (Å²) < 4.78 is 27.1. The van der Waals surface area contributed by atoms with Crippen molar-refractivity contribution in [1.82, 2.24) is 5.32 Å². The van der Waals surface area contributed by atoms with Crippen molar-refractivity contribution in [3.05, 3.63) is 58.1 Å². The van der Waals surface area contributed by atoms with Crippen LogP contribution in [0.4, 0.5) is 8.78 Å². The Morgan fingerprint density at radius 3 is 2.43 bits per heavy atom. The summed E-state index contributed by atoms with van der Waals surface area (Å²) in [6.45, 7) is 3.92. The van der Waals surface area contributed by atoms with Gasteiger partial charge < -0.3 is 5.32 Å². The molecule has 0 fully saturated rings. The highest BCUT2D eigenvalue weighted by molar-refractivity contribution is 9.10. The third-order valence-corrected chi connectivity index (χ3v) is 4.61. The van der Waals surface area contributed by atoms with Crippen LogP contribution in [0.5, 0.6) is 0 Å². The van der Waals surface area contributed by atoms with Crippen LogP contribution in [-0.2, 0) is 6.54 Å². The Kier molecular flexibility index (Phi) is 6.21. The van der Waals surface area contributed by atoms with Crippen molar-refractivity contribution in [3.63, 3.8) is 0 Å². The number of benzene rings is 2. The molecule has 0 aliphatic rings. The number of nitrogens with one attached hydrogen (secondary N) is 1. The lowest BCUT2D eigenvalue weighted by molar-refractivity contribution is 0.506. The third-order valence-electron chi connectivity index (χ3n) is 2.89. The van der Waals surface area contributed by atoms with Gasteiger partial charge in [-0.1, -0.05) is 40.7 Å². The van der Waals surface area contributed by atoms with Gasteiger partial charge in [-0.3, -0.25) is 0 Å². The number of rotatable bonds is 6. The fraction of sp³-hybridized carbons (Fsp3) is 0.250. The van der Waals surface area contributed by atoms with E-state index in [1.807, 2.05) is 18.2 Å². The molecule has 0 aromatic heterocycles. The van der Waals surface area contributed by atoms with E-state index >= 15 is 0 Å². The average molecular weight is 372 g/mol. The minimum atomic E-state index is -0.821. The van der Waals surface area contributed by atoms with Crippen LogP contribution < -0.4 is 5.32 Å². The Morgan fingerprint density at radius 1 is 1.05 bits per heavy atom. The van der Waals surface area contributed by atoms with E-state index < -0.39 is 11.6 Å². The maximum absolute atomic E-state index is 13.2. The summed E-state index contributed by atoms with van der Waals surface area (Å²) in [4.78, 5) is 1.66. The van der Waals surface area contributed by atoms with Crippen molar-refractivity contribution in [1.29, 1.82) is 0 Å². The second kappa shape index (κ2) is 7.92. The second-order valence-electron chi connectivity index (χ2n) is 4.61. The third kappa shape index (κ3) is 4.80. The fourth-order valence-corrected chi connectivity index (χ4v) is 3.37. The van der Waals surface area contributed by atoms with Gasteiger partial charge in [0.2, 0.25) is 0 Å². The van der Waals surface area contributed by atoms with Crippen molar-refractivity contribution in [2.45, 2.75) is 29.7 Å². The highest BCUT2D eigenvalue weighted by Gasteiger charge is 2.06. The van der Waals surface area contributed by atoms with Gasteiger partial charge in [0.1, 0.15) is 0 Å². The van der Waals surface area contributed by atoms with Crippen molar-refractivity contribution in [2.24, 2.45) is 0 Å². The molecule has 0 aliphatic carbocycles. The van der Waals surface area contributed by atoms with Crippen molar-refractivity contribution in [3.8, 4) is 0 Å². The highest BCUT2D eigenvalue weighted by atomic mass is 79.9. The van der Waals surface area contributed by atoms with E-state index in [0.29, 0.717) is 4.90 Å². The summed E-state index contributed by atoms with van der Waals surface area (Å²) >= 11 is 4.96. The average Bonchev–Trinajstić information content (AvgIpc) is 2.45. The zero-order chi connectivity index (χ0) is 15.2. The molecule has 5 heteroatoms. The molecular weight excluding hydrogens is 356 g/mol. The molecule has 0 bridgehead atoms. The molecule has 1 nitrogen and oxygen atoms in total. The lowest BCUT2D eigenvalue weighted by atomic mass is 10.2. The Morgan fingerprint density at radius 2 is 1.76 bits per heavy atom. The quantitative estimate of drug-likeness (QED) is 0.684. The van der Waals surface area contributed by atoms with Crippen molar-refractivity contribution >= 4 is 27.7 Å². The minimum Gasteiger partial charge on any atom is -0.313 e. The maximum atomic E-state index is 13.2. The SMILES string of the molecule is CCCNCc1ccc(Sc2ccc(F)c(F)c2)cc1Br. The highest BCUT2D eigenvalue weighted by Crippen LogP contribution is 2.31. The molecule has 0 saturated heterocycles. The van der Waals surface area contributed by atoms with Gasteiger partial charge in [0.25, 0.3) is 0 Å². The van der Waals surface area contributed by atoms with Gasteiger partial charge in [0.15, 0.2) is 11.6 Å². The predicted molar refractivity (Wildman–Crippen MR) is 86.6 cm³/mol. The van der Waals surface area contributed by atoms with Crippen molar-refractivity contribution < 1.29 is 8.78 Å². The zero-order valence-corrected chi connectivity index (χ0v) is 14.0. The van der Waals surface area contributed by atoms with Crippen LogP contribution in [0.1, 0.15) is 18.9 Å². The number of hydrogen-bond acceptors (Lipinski definition) is 2. The van der Waals surface area contributed by atoms with Crippen molar-refractivity contribution in [2.75, 3.05) is 6.54 Å². The number of hydrogen-bond donors (Lipinski definition) is 1. The molecule has 2 aromatic rings. The summed E-state index contributed by atoms with van der Waals surface area (Å²) in [7, 11) is 0. The molecule has 2 aromatic carbocycles. The van der Waals surface area contributed by atoms with Crippen LogP contribution in [0.15, 0.2) is 50.7 Å². The molecule has 0 heterocycles. The fourth-order valence-electron chi connectivity index (χ4n) is 1.81. The Bertz CT molecular complexity index is 619. The van der Waals surface area contributed by atoms with E-state index in [1.54, 1.807) is 6.07 Å². The molecule has 0 unspecified atom stereocenters. The molecule has 0 atom stereocenters. The molecule has 21 heavy (non-hydrogen) atoms. The molecular formula is C16H16BrF2NS. The van der Waals surface area contributed by atoms with E-state index in [0.717, 1.165) is 34.9 Å².